The van der Waals surface area contributed by atoms with Crippen LogP contribution in [-0.4, -0.2) is 19.2 Å². The first-order valence-corrected chi connectivity index (χ1v) is 8.18. The highest BCUT2D eigenvalue weighted by molar-refractivity contribution is 6.32. The lowest BCUT2D eigenvalue weighted by atomic mass is 9.78. The van der Waals surface area contributed by atoms with E-state index in [4.69, 9.17) is 16.3 Å². The molecule has 1 unspecified atom stereocenters. The molecular formula is C19H23Cl2NO. The predicted octanol–water partition coefficient (Wildman–Crippen LogP) is 4.83. The van der Waals surface area contributed by atoms with Gasteiger partial charge in [0.2, 0.25) is 0 Å². The van der Waals surface area contributed by atoms with Crippen molar-refractivity contribution in [1.82, 2.24) is 5.32 Å². The molecule has 1 atom stereocenters. The van der Waals surface area contributed by atoms with Crippen molar-refractivity contribution in [3.63, 3.8) is 0 Å². The van der Waals surface area contributed by atoms with Gasteiger partial charge in [0.05, 0.1) is 5.02 Å². The van der Waals surface area contributed by atoms with E-state index in [1.807, 2.05) is 18.2 Å². The van der Waals surface area contributed by atoms with Crippen molar-refractivity contribution in [1.29, 1.82) is 0 Å². The number of hydrogen-bond acceptors (Lipinski definition) is 2. The van der Waals surface area contributed by atoms with E-state index in [0.29, 0.717) is 5.02 Å². The van der Waals surface area contributed by atoms with Crippen LogP contribution in [-0.2, 0) is 5.41 Å². The van der Waals surface area contributed by atoms with Crippen LogP contribution in [0.5, 0.6) is 5.75 Å². The lowest BCUT2D eigenvalue weighted by Crippen LogP contribution is -2.21. The van der Waals surface area contributed by atoms with Crippen LogP contribution in [0.25, 0.3) is 0 Å². The van der Waals surface area contributed by atoms with Gasteiger partial charge in [-0.2, -0.15) is 0 Å². The van der Waals surface area contributed by atoms with E-state index in [1.54, 1.807) is 0 Å². The zero-order valence-electron chi connectivity index (χ0n) is 13.5. The largest absolute Gasteiger partial charge is 0.487 e. The van der Waals surface area contributed by atoms with Crippen LogP contribution in [0, 0.1) is 0 Å². The number of nitrogens with one attached hydrogen (secondary N) is 1. The van der Waals surface area contributed by atoms with Gasteiger partial charge in [0.25, 0.3) is 0 Å². The molecule has 1 aliphatic rings. The van der Waals surface area contributed by atoms with Crippen molar-refractivity contribution in [3.8, 4) is 5.75 Å². The molecule has 124 valence electrons. The van der Waals surface area contributed by atoms with Crippen molar-refractivity contribution in [2.24, 2.45) is 0 Å². The van der Waals surface area contributed by atoms with E-state index in [0.717, 1.165) is 25.3 Å². The highest BCUT2D eigenvalue weighted by Crippen LogP contribution is 2.36. The minimum atomic E-state index is -0.0850. The molecule has 0 bridgehead atoms. The van der Waals surface area contributed by atoms with Gasteiger partial charge in [-0.3, -0.25) is 0 Å². The fourth-order valence-corrected chi connectivity index (χ4v) is 3.14. The van der Waals surface area contributed by atoms with E-state index in [2.05, 4.69) is 49.5 Å². The Morgan fingerprint density at radius 2 is 1.83 bits per heavy atom. The standard InChI is InChI=1S/C19H22ClNO.ClH/c1-19(2,14-6-4-3-5-7-14)15-8-9-18(17(20)12-15)22-16-10-11-21-13-16;/h3-9,12,16,21H,10-11,13H2,1-2H3;1H. The van der Waals surface area contributed by atoms with Crippen LogP contribution < -0.4 is 10.1 Å². The third kappa shape index (κ3) is 4.00. The Hall–Kier alpha value is -1.22. The van der Waals surface area contributed by atoms with Gasteiger partial charge >= 0.3 is 0 Å². The average molecular weight is 352 g/mol. The Morgan fingerprint density at radius 1 is 1.09 bits per heavy atom. The van der Waals surface area contributed by atoms with Gasteiger partial charge in [-0.05, 0) is 36.2 Å². The van der Waals surface area contributed by atoms with E-state index >= 15 is 0 Å². The summed E-state index contributed by atoms with van der Waals surface area (Å²) in [7, 11) is 0. The van der Waals surface area contributed by atoms with Crippen molar-refractivity contribution in [2.75, 3.05) is 13.1 Å². The highest BCUT2D eigenvalue weighted by atomic mass is 35.5. The van der Waals surface area contributed by atoms with Gasteiger partial charge in [0.15, 0.2) is 0 Å². The molecule has 0 saturated carbocycles. The molecule has 2 nitrogen and oxygen atoms in total. The van der Waals surface area contributed by atoms with Crippen molar-refractivity contribution in [2.45, 2.75) is 31.8 Å². The van der Waals surface area contributed by atoms with Crippen molar-refractivity contribution < 1.29 is 4.74 Å². The average Bonchev–Trinajstić information content (AvgIpc) is 3.03. The highest BCUT2D eigenvalue weighted by Gasteiger charge is 2.24. The molecule has 4 heteroatoms. The van der Waals surface area contributed by atoms with E-state index in [9.17, 15) is 0 Å². The lowest BCUT2D eigenvalue weighted by molar-refractivity contribution is 0.223. The first-order valence-electron chi connectivity index (χ1n) is 7.80. The third-order valence-electron chi connectivity index (χ3n) is 4.46. The Labute approximate surface area is 149 Å². The summed E-state index contributed by atoms with van der Waals surface area (Å²) in [5.41, 5.74) is 2.39. The Balaban J connectivity index is 0.00000192. The predicted molar refractivity (Wildman–Crippen MR) is 99.2 cm³/mol. The molecule has 0 spiro atoms. The van der Waals surface area contributed by atoms with Gasteiger partial charge in [-0.15, -0.1) is 12.4 Å². The summed E-state index contributed by atoms with van der Waals surface area (Å²) in [6.45, 7) is 6.35. The quantitative estimate of drug-likeness (QED) is 0.851. The van der Waals surface area contributed by atoms with Gasteiger partial charge < -0.3 is 10.1 Å². The molecule has 2 aromatic carbocycles. The molecule has 0 amide bonds. The van der Waals surface area contributed by atoms with E-state index in [1.165, 1.54) is 11.1 Å². The second-order valence-electron chi connectivity index (χ2n) is 6.37. The summed E-state index contributed by atoms with van der Waals surface area (Å²) in [5, 5.41) is 3.99. The maximum absolute atomic E-state index is 6.46. The van der Waals surface area contributed by atoms with Gasteiger partial charge in [-0.1, -0.05) is 61.8 Å². The summed E-state index contributed by atoms with van der Waals surface area (Å²) in [4.78, 5) is 0. The third-order valence-corrected chi connectivity index (χ3v) is 4.75. The normalized spacial score (nSPS) is 17.6. The van der Waals surface area contributed by atoms with Crippen LogP contribution in [0.2, 0.25) is 5.02 Å². The first kappa shape index (κ1) is 18.1. The molecule has 1 N–H and O–H groups in total. The summed E-state index contributed by atoms with van der Waals surface area (Å²) in [6, 6.07) is 16.7. The maximum Gasteiger partial charge on any atom is 0.138 e. The zero-order chi connectivity index (χ0) is 15.6. The summed E-state index contributed by atoms with van der Waals surface area (Å²) >= 11 is 6.46. The topological polar surface area (TPSA) is 21.3 Å². The number of hydrogen-bond donors (Lipinski definition) is 1. The van der Waals surface area contributed by atoms with Crippen molar-refractivity contribution in [3.05, 3.63) is 64.7 Å². The minimum Gasteiger partial charge on any atom is -0.487 e. The fourth-order valence-electron chi connectivity index (χ4n) is 2.91. The van der Waals surface area contributed by atoms with Gasteiger partial charge in [-0.25, -0.2) is 0 Å². The lowest BCUT2D eigenvalue weighted by Gasteiger charge is -2.27. The molecule has 0 aromatic heterocycles. The minimum absolute atomic E-state index is 0. The van der Waals surface area contributed by atoms with E-state index in [-0.39, 0.29) is 23.9 Å². The van der Waals surface area contributed by atoms with Crippen molar-refractivity contribution >= 4 is 24.0 Å². The Kier molecular flexibility index (Phi) is 5.96. The molecule has 3 rings (SSSR count). The molecule has 1 heterocycles. The molecular weight excluding hydrogens is 329 g/mol. The molecule has 0 aliphatic carbocycles. The van der Waals surface area contributed by atoms with Crippen LogP contribution in [0.1, 0.15) is 31.4 Å². The molecule has 1 aliphatic heterocycles. The number of halogens is 2. The van der Waals surface area contributed by atoms with Crippen LogP contribution in [0.4, 0.5) is 0 Å². The Morgan fingerprint density at radius 3 is 2.43 bits per heavy atom. The first-order chi connectivity index (χ1) is 10.6. The molecule has 23 heavy (non-hydrogen) atoms. The van der Waals surface area contributed by atoms with Gasteiger partial charge in [0, 0.05) is 12.0 Å². The van der Waals surface area contributed by atoms with Crippen LogP contribution >= 0.6 is 24.0 Å². The van der Waals surface area contributed by atoms with Crippen LogP contribution in [0.15, 0.2) is 48.5 Å². The number of benzene rings is 2. The maximum atomic E-state index is 6.46. The second-order valence-corrected chi connectivity index (χ2v) is 6.78. The SMILES string of the molecule is CC(C)(c1ccccc1)c1ccc(OC2CCNC2)c(Cl)c1.Cl. The summed E-state index contributed by atoms with van der Waals surface area (Å²) < 4.78 is 5.99. The number of ether oxygens (including phenoxy) is 1. The number of rotatable bonds is 4. The fraction of sp³-hybridized carbons (Fsp3) is 0.368. The zero-order valence-corrected chi connectivity index (χ0v) is 15.1. The molecule has 1 fully saturated rings. The molecule has 2 aromatic rings. The monoisotopic (exact) mass is 351 g/mol. The summed E-state index contributed by atoms with van der Waals surface area (Å²) in [6.07, 6.45) is 1.26. The van der Waals surface area contributed by atoms with Gasteiger partial charge in [0.1, 0.15) is 11.9 Å². The Bertz CT molecular complexity index is 637. The molecule has 1 saturated heterocycles. The summed E-state index contributed by atoms with van der Waals surface area (Å²) in [5.74, 6) is 0.781. The van der Waals surface area contributed by atoms with Crippen LogP contribution in [0.3, 0.4) is 0 Å². The van der Waals surface area contributed by atoms with E-state index < -0.39 is 0 Å². The smallest absolute Gasteiger partial charge is 0.138 e. The second kappa shape index (κ2) is 7.57. The molecule has 0 radical (unpaired) electrons.